The highest BCUT2D eigenvalue weighted by molar-refractivity contribution is 7.92. The Morgan fingerprint density at radius 3 is 2.61 bits per heavy atom. The molecule has 1 atom stereocenters. The Bertz CT molecular complexity index is 1010. The minimum absolute atomic E-state index is 0.0594. The fourth-order valence-corrected chi connectivity index (χ4v) is 4.65. The van der Waals surface area contributed by atoms with Crippen LogP contribution in [0.1, 0.15) is 6.42 Å². The second-order valence-corrected chi connectivity index (χ2v) is 8.25. The van der Waals surface area contributed by atoms with Gasteiger partial charge in [-0.05, 0) is 24.3 Å². The standard InChI is InChI=1S/C19H20N2O6S/c1-20-19(22)18-12-21(14-5-2-3-6-15(14)27-18)28(23,24)13-7-8-16-17(11-13)26-10-4-9-25-16/h2-3,5-8,11,18H,4,9-10,12H2,1H3,(H,20,22)/t18-/m0/s1. The van der Waals surface area contributed by atoms with Crippen LogP contribution < -0.4 is 23.8 Å². The molecule has 8 nitrogen and oxygen atoms in total. The van der Waals surface area contributed by atoms with Gasteiger partial charge in [0.25, 0.3) is 15.9 Å². The maximum atomic E-state index is 13.4. The number of fused-ring (bicyclic) bond motifs is 2. The number of para-hydroxylation sites is 2. The van der Waals surface area contributed by atoms with E-state index in [0.717, 1.165) is 6.42 Å². The Kier molecular flexibility index (Phi) is 4.76. The number of nitrogens with zero attached hydrogens (tertiary/aromatic N) is 1. The Morgan fingerprint density at radius 1 is 1.07 bits per heavy atom. The lowest BCUT2D eigenvalue weighted by Crippen LogP contribution is -2.50. The number of sulfonamides is 1. The molecule has 2 aliphatic rings. The van der Waals surface area contributed by atoms with Gasteiger partial charge in [-0.15, -0.1) is 0 Å². The third-order valence-corrected chi connectivity index (χ3v) is 6.36. The molecule has 1 amide bonds. The monoisotopic (exact) mass is 404 g/mol. The van der Waals surface area contributed by atoms with Crippen LogP contribution >= 0.6 is 0 Å². The molecule has 2 heterocycles. The molecule has 2 aliphatic heterocycles. The predicted octanol–water partition coefficient (Wildman–Crippen LogP) is 1.55. The zero-order valence-corrected chi connectivity index (χ0v) is 16.1. The first-order valence-corrected chi connectivity index (χ1v) is 10.3. The van der Waals surface area contributed by atoms with Crippen molar-refractivity contribution < 1.29 is 27.4 Å². The van der Waals surface area contributed by atoms with Gasteiger partial charge in [-0.2, -0.15) is 0 Å². The molecule has 0 bridgehead atoms. The van der Waals surface area contributed by atoms with Crippen molar-refractivity contribution in [3.63, 3.8) is 0 Å². The molecule has 9 heteroatoms. The minimum atomic E-state index is -3.96. The number of nitrogens with one attached hydrogen (secondary N) is 1. The summed E-state index contributed by atoms with van der Waals surface area (Å²) < 4.78 is 44.9. The maximum absolute atomic E-state index is 13.4. The number of benzene rings is 2. The van der Waals surface area contributed by atoms with Crippen LogP contribution in [0.2, 0.25) is 0 Å². The second-order valence-electron chi connectivity index (χ2n) is 6.38. The van der Waals surface area contributed by atoms with Gasteiger partial charge < -0.3 is 19.5 Å². The smallest absolute Gasteiger partial charge is 0.264 e. The fraction of sp³-hybridized carbons (Fsp3) is 0.316. The van der Waals surface area contributed by atoms with E-state index in [9.17, 15) is 13.2 Å². The molecule has 0 spiro atoms. The van der Waals surface area contributed by atoms with Crippen LogP contribution in [0.3, 0.4) is 0 Å². The summed E-state index contributed by atoms with van der Waals surface area (Å²) in [6, 6.07) is 11.3. The SMILES string of the molecule is CNC(=O)[C@@H]1CN(S(=O)(=O)c2ccc3c(c2)OCCCO3)c2ccccc2O1. The molecule has 0 unspecified atom stereocenters. The normalized spacial score (nSPS) is 18.5. The highest BCUT2D eigenvalue weighted by Gasteiger charge is 2.37. The van der Waals surface area contributed by atoms with Gasteiger partial charge >= 0.3 is 0 Å². The molecule has 0 aromatic heterocycles. The van der Waals surface area contributed by atoms with Crippen molar-refractivity contribution in [3.8, 4) is 17.2 Å². The molecule has 2 aromatic carbocycles. The lowest BCUT2D eigenvalue weighted by Gasteiger charge is -2.34. The van der Waals surface area contributed by atoms with E-state index in [1.165, 1.54) is 23.5 Å². The van der Waals surface area contributed by atoms with Gasteiger partial charge in [0.1, 0.15) is 5.75 Å². The van der Waals surface area contributed by atoms with Crippen LogP contribution in [0.25, 0.3) is 0 Å². The molecular formula is C19H20N2O6S. The molecule has 0 aliphatic carbocycles. The number of carbonyl (C=O) groups is 1. The number of anilines is 1. The molecule has 4 rings (SSSR count). The highest BCUT2D eigenvalue weighted by atomic mass is 32.2. The summed E-state index contributed by atoms with van der Waals surface area (Å²) in [4.78, 5) is 12.2. The topological polar surface area (TPSA) is 94.2 Å². The first-order chi connectivity index (χ1) is 13.5. The zero-order chi connectivity index (χ0) is 19.7. The molecular weight excluding hydrogens is 384 g/mol. The third kappa shape index (κ3) is 3.22. The summed E-state index contributed by atoms with van der Waals surface area (Å²) in [6.07, 6.45) is -0.225. The van der Waals surface area contributed by atoms with Crippen LogP contribution in [0, 0.1) is 0 Å². The van der Waals surface area contributed by atoms with Crippen LogP contribution in [0.15, 0.2) is 47.4 Å². The summed E-state index contributed by atoms with van der Waals surface area (Å²) in [5.74, 6) is 0.846. The minimum Gasteiger partial charge on any atom is -0.490 e. The van der Waals surface area contributed by atoms with Crippen molar-refractivity contribution in [2.75, 3.05) is 31.1 Å². The number of hydrogen-bond acceptors (Lipinski definition) is 6. The number of hydrogen-bond donors (Lipinski definition) is 1. The first-order valence-electron chi connectivity index (χ1n) is 8.90. The van der Waals surface area contributed by atoms with Gasteiger partial charge in [-0.3, -0.25) is 9.10 Å². The average molecular weight is 404 g/mol. The molecule has 148 valence electrons. The molecule has 0 saturated heterocycles. The van der Waals surface area contributed by atoms with E-state index in [2.05, 4.69) is 5.32 Å². The summed E-state index contributed by atoms with van der Waals surface area (Å²) in [7, 11) is -2.48. The number of rotatable bonds is 3. The summed E-state index contributed by atoms with van der Waals surface area (Å²) >= 11 is 0. The van der Waals surface area contributed by atoms with Gasteiger partial charge in [0.05, 0.1) is 30.3 Å². The van der Waals surface area contributed by atoms with E-state index in [-0.39, 0.29) is 11.4 Å². The summed E-state index contributed by atoms with van der Waals surface area (Å²) in [6.45, 7) is 0.840. The molecule has 1 N–H and O–H groups in total. The van der Waals surface area contributed by atoms with E-state index in [1.807, 2.05) is 0 Å². The van der Waals surface area contributed by atoms with Crippen molar-refractivity contribution in [2.24, 2.45) is 0 Å². The average Bonchev–Trinajstić information content (AvgIpc) is 2.97. The van der Waals surface area contributed by atoms with Gasteiger partial charge in [0.15, 0.2) is 17.6 Å². The lowest BCUT2D eigenvalue weighted by atomic mass is 10.2. The van der Waals surface area contributed by atoms with Gasteiger partial charge in [0.2, 0.25) is 0 Å². The van der Waals surface area contributed by atoms with Gasteiger partial charge in [-0.25, -0.2) is 8.42 Å². The largest absolute Gasteiger partial charge is 0.490 e. The van der Waals surface area contributed by atoms with E-state index in [1.54, 1.807) is 30.3 Å². The van der Waals surface area contributed by atoms with Crippen molar-refractivity contribution in [2.45, 2.75) is 17.4 Å². The third-order valence-electron chi connectivity index (χ3n) is 4.58. The maximum Gasteiger partial charge on any atom is 0.264 e. The van der Waals surface area contributed by atoms with Crippen LogP contribution in [-0.2, 0) is 14.8 Å². The molecule has 2 aromatic rings. The first kappa shape index (κ1) is 18.4. The van der Waals surface area contributed by atoms with E-state index in [0.29, 0.717) is 36.1 Å². The number of ether oxygens (including phenoxy) is 3. The highest BCUT2D eigenvalue weighted by Crippen LogP contribution is 2.39. The van der Waals surface area contributed by atoms with Crippen molar-refractivity contribution >= 4 is 21.6 Å². The van der Waals surface area contributed by atoms with E-state index < -0.39 is 22.0 Å². The predicted molar refractivity (Wildman–Crippen MR) is 102 cm³/mol. The Balaban J connectivity index is 1.76. The van der Waals surface area contributed by atoms with Crippen molar-refractivity contribution in [1.29, 1.82) is 0 Å². The quantitative estimate of drug-likeness (QED) is 0.834. The zero-order valence-electron chi connectivity index (χ0n) is 15.3. The van der Waals surface area contributed by atoms with Gasteiger partial charge in [0, 0.05) is 19.5 Å². The van der Waals surface area contributed by atoms with Crippen molar-refractivity contribution in [1.82, 2.24) is 5.32 Å². The molecule has 0 fully saturated rings. The number of likely N-dealkylation sites (N-methyl/N-ethyl adjacent to an activating group) is 1. The van der Waals surface area contributed by atoms with Crippen LogP contribution in [0.4, 0.5) is 5.69 Å². The lowest BCUT2D eigenvalue weighted by molar-refractivity contribution is -0.127. The van der Waals surface area contributed by atoms with Crippen LogP contribution in [0.5, 0.6) is 17.2 Å². The number of carbonyl (C=O) groups excluding carboxylic acids is 1. The number of amides is 1. The Morgan fingerprint density at radius 2 is 1.82 bits per heavy atom. The molecule has 28 heavy (non-hydrogen) atoms. The summed E-state index contributed by atoms with van der Waals surface area (Å²) in [5.41, 5.74) is 0.384. The van der Waals surface area contributed by atoms with E-state index >= 15 is 0 Å². The Hall–Kier alpha value is -2.94. The van der Waals surface area contributed by atoms with Crippen molar-refractivity contribution in [3.05, 3.63) is 42.5 Å². The van der Waals surface area contributed by atoms with Gasteiger partial charge in [-0.1, -0.05) is 12.1 Å². The fourth-order valence-electron chi connectivity index (χ4n) is 3.16. The Labute approximate surface area is 163 Å². The van der Waals surface area contributed by atoms with E-state index in [4.69, 9.17) is 14.2 Å². The second kappa shape index (κ2) is 7.23. The molecule has 0 saturated carbocycles. The van der Waals surface area contributed by atoms with Crippen LogP contribution in [-0.4, -0.2) is 47.2 Å². The summed E-state index contributed by atoms with van der Waals surface area (Å²) in [5, 5.41) is 2.50. The molecule has 0 radical (unpaired) electrons.